The Balaban J connectivity index is 0.000000386. The maximum atomic E-state index is 13.5. The van der Waals surface area contributed by atoms with Gasteiger partial charge in [-0.1, -0.05) is 29.8 Å². The highest BCUT2D eigenvalue weighted by molar-refractivity contribution is 9.10. The lowest BCUT2D eigenvalue weighted by molar-refractivity contribution is -0.191. The Morgan fingerprint density at radius 2 is 1.81 bits per heavy atom. The van der Waals surface area contributed by atoms with Gasteiger partial charge in [-0.2, -0.15) is 9.59 Å². The number of hydrogen-bond acceptors (Lipinski definition) is 2. The van der Waals surface area contributed by atoms with Gasteiger partial charge >= 0.3 is 6.15 Å². The number of rotatable bonds is 0. The van der Waals surface area contributed by atoms with E-state index in [1.807, 2.05) is 31.2 Å². The van der Waals surface area contributed by atoms with Gasteiger partial charge in [-0.15, -0.1) is 0 Å². The van der Waals surface area contributed by atoms with Crippen molar-refractivity contribution in [3.63, 3.8) is 0 Å². The summed E-state index contributed by atoms with van der Waals surface area (Å²) in [6.45, 7) is 2.00. The van der Waals surface area contributed by atoms with Gasteiger partial charge in [0.1, 0.15) is 5.82 Å². The summed E-state index contributed by atoms with van der Waals surface area (Å²) < 4.78 is 14.0. The van der Waals surface area contributed by atoms with Crippen LogP contribution in [0.3, 0.4) is 0 Å². The van der Waals surface area contributed by atoms with E-state index in [-0.39, 0.29) is 12.0 Å². The van der Waals surface area contributed by atoms with Crippen molar-refractivity contribution in [1.82, 2.24) is 0 Å². The van der Waals surface area contributed by atoms with Crippen molar-refractivity contribution >= 4 is 32.9 Å². The molecule has 0 heterocycles. The fraction of sp³-hybridized carbons (Fsp3) is 0.0833. The molecule has 82 valence electrons. The topological polar surface area (TPSA) is 34.1 Å². The first-order valence-corrected chi connectivity index (χ1v) is 5.23. The fourth-order valence-electron chi connectivity index (χ4n) is 1.38. The van der Waals surface area contributed by atoms with Crippen LogP contribution in [0, 0.1) is 12.7 Å². The number of halogens is 2. The Labute approximate surface area is 100 Å². The molecule has 0 N–H and O–H groups in total. The lowest BCUT2D eigenvalue weighted by Gasteiger charge is -2.02. The summed E-state index contributed by atoms with van der Waals surface area (Å²) in [7, 11) is 0. The summed E-state index contributed by atoms with van der Waals surface area (Å²) in [5.41, 5.74) is 1.15. The van der Waals surface area contributed by atoms with Gasteiger partial charge < -0.3 is 0 Å². The zero-order valence-electron chi connectivity index (χ0n) is 8.46. The van der Waals surface area contributed by atoms with Crippen LogP contribution in [0.5, 0.6) is 0 Å². The summed E-state index contributed by atoms with van der Waals surface area (Å²) in [4.78, 5) is 16.2. The predicted molar refractivity (Wildman–Crippen MR) is 61.4 cm³/mol. The quantitative estimate of drug-likeness (QED) is 0.742. The first kappa shape index (κ1) is 12.6. The van der Waals surface area contributed by atoms with Crippen LogP contribution in [0.1, 0.15) is 5.56 Å². The van der Waals surface area contributed by atoms with Crippen LogP contribution in [0.2, 0.25) is 0 Å². The van der Waals surface area contributed by atoms with Crippen molar-refractivity contribution in [1.29, 1.82) is 0 Å². The van der Waals surface area contributed by atoms with Crippen LogP contribution in [0.15, 0.2) is 34.8 Å². The molecule has 0 saturated heterocycles. The van der Waals surface area contributed by atoms with Crippen molar-refractivity contribution in [2.24, 2.45) is 0 Å². The van der Waals surface area contributed by atoms with E-state index in [9.17, 15) is 4.39 Å². The van der Waals surface area contributed by atoms with E-state index < -0.39 is 0 Å². The average Bonchev–Trinajstić information content (AvgIpc) is 2.25. The Hall–Kier alpha value is -1.51. The molecule has 4 heteroatoms. The summed E-state index contributed by atoms with van der Waals surface area (Å²) in [5.74, 6) is -0.183. The maximum absolute atomic E-state index is 13.5. The smallest absolute Gasteiger partial charge is 0.205 e. The minimum Gasteiger partial charge on any atom is -0.205 e. The predicted octanol–water partition coefficient (Wildman–Crippen LogP) is 3.47. The highest BCUT2D eigenvalue weighted by Crippen LogP contribution is 2.25. The molecule has 0 aliphatic heterocycles. The summed E-state index contributed by atoms with van der Waals surface area (Å²) in [6, 6.07) is 9.35. The number of aryl methyl sites for hydroxylation is 1. The minimum absolute atomic E-state index is 0.183. The lowest BCUT2D eigenvalue weighted by atomic mass is 10.1. The molecule has 0 atom stereocenters. The molecular formula is C12H8BrFO2. The molecule has 0 amide bonds. The van der Waals surface area contributed by atoms with Crippen LogP contribution < -0.4 is 0 Å². The van der Waals surface area contributed by atoms with Gasteiger partial charge in [-0.3, -0.25) is 0 Å². The van der Waals surface area contributed by atoms with Gasteiger partial charge in [0.15, 0.2) is 0 Å². The zero-order valence-corrected chi connectivity index (χ0v) is 10.0. The molecule has 16 heavy (non-hydrogen) atoms. The third-order valence-electron chi connectivity index (χ3n) is 2.06. The first-order valence-electron chi connectivity index (χ1n) is 4.43. The van der Waals surface area contributed by atoms with Crippen LogP contribution in [-0.4, -0.2) is 6.15 Å². The maximum Gasteiger partial charge on any atom is 0.373 e. The Bertz CT molecular complexity index is 546. The minimum atomic E-state index is -0.183. The Morgan fingerprint density at radius 1 is 1.19 bits per heavy atom. The highest BCUT2D eigenvalue weighted by Gasteiger charge is 2.03. The second kappa shape index (κ2) is 5.54. The van der Waals surface area contributed by atoms with E-state index in [2.05, 4.69) is 15.9 Å². The fourth-order valence-corrected chi connectivity index (χ4v) is 1.73. The van der Waals surface area contributed by atoms with E-state index >= 15 is 0 Å². The van der Waals surface area contributed by atoms with Gasteiger partial charge in [-0.25, -0.2) is 4.39 Å². The number of benzene rings is 2. The molecule has 0 aliphatic rings. The second-order valence-electron chi connectivity index (χ2n) is 3.17. The van der Waals surface area contributed by atoms with Crippen molar-refractivity contribution in [2.75, 3.05) is 0 Å². The van der Waals surface area contributed by atoms with Gasteiger partial charge in [0.25, 0.3) is 0 Å². The summed E-state index contributed by atoms with van der Waals surface area (Å²) in [5, 5.41) is 1.61. The van der Waals surface area contributed by atoms with Crippen molar-refractivity contribution < 1.29 is 14.0 Å². The van der Waals surface area contributed by atoms with E-state index in [0.29, 0.717) is 9.86 Å². The monoisotopic (exact) mass is 282 g/mol. The SMILES string of the molecule is Cc1ccc2c(F)c(Br)ccc2c1.O=C=O. The van der Waals surface area contributed by atoms with Crippen molar-refractivity contribution in [3.8, 4) is 0 Å². The van der Waals surface area contributed by atoms with Crippen LogP contribution in [-0.2, 0) is 9.59 Å². The second-order valence-corrected chi connectivity index (χ2v) is 4.02. The Kier molecular flexibility index (Phi) is 4.35. The largest absolute Gasteiger partial charge is 0.373 e. The van der Waals surface area contributed by atoms with Crippen molar-refractivity contribution in [3.05, 3.63) is 46.2 Å². The van der Waals surface area contributed by atoms with Gasteiger partial charge in [0.05, 0.1) is 4.47 Å². The van der Waals surface area contributed by atoms with Gasteiger partial charge in [-0.05, 0) is 34.3 Å². The Morgan fingerprint density at radius 3 is 2.44 bits per heavy atom. The molecule has 2 nitrogen and oxygen atoms in total. The molecule has 2 aromatic carbocycles. The van der Waals surface area contributed by atoms with E-state index in [0.717, 1.165) is 10.9 Å². The first-order chi connectivity index (χ1) is 7.60. The van der Waals surface area contributed by atoms with E-state index in [1.165, 1.54) is 0 Å². The molecule has 0 bridgehead atoms. The molecule has 2 rings (SSSR count). The molecule has 0 unspecified atom stereocenters. The third-order valence-corrected chi connectivity index (χ3v) is 2.67. The zero-order chi connectivity index (χ0) is 12.1. The molecule has 0 fully saturated rings. The molecular weight excluding hydrogens is 275 g/mol. The van der Waals surface area contributed by atoms with Crippen molar-refractivity contribution in [2.45, 2.75) is 6.92 Å². The van der Waals surface area contributed by atoms with Crippen LogP contribution >= 0.6 is 15.9 Å². The molecule has 0 aliphatic carbocycles. The molecule has 0 spiro atoms. The number of fused-ring (bicyclic) bond motifs is 1. The molecule has 0 saturated carbocycles. The highest BCUT2D eigenvalue weighted by atomic mass is 79.9. The summed E-state index contributed by atoms with van der Waals surface area (Å²) in [6.07, 6.45) is 0.250. The molecule has 0 aromatic heterocycles. The number of hydrogen-bond donors (Lipinski definition) is 0. The van der Waals surface area contributed by atoms with Crippen LogP contribution in [0.25, 0.3) is 10.8 Å². The molecule has 2 aromatic rings. The summed E-state index contributed by atoms with van der Waals surface area (Å²) >= 11 is 3.16. The lowest BCUT2D eigenvalue weighted by Crippen LogP contribution is -1.82. The number of carbonyl (C=O) groups excluding carboxylic acids is 2. The van der Waals surface area contributed by atoms with Gasteiger partial charge in [0, 0.05) is 5.39 Å². The average molecular weight is 283 g/mol. The standard InChI is InChI=1S/C11H8BrF.CO2/c1-7-2-4-9-8(6-7)3-5-10(12)11(9)13;2-1-3/h2-6H,1H3;. The van der Waals surface area contributed by atoms with Gasteiger partial charge in [0.2, 0.25) is 0 Å². The van der Waals surface area contributed by atoms with E-state index in [1.54, 1.807) is 6.07 Å². The van der Waals surface area contributed by atoms with Crippen LogP contribution in [0.4, 0.5) is 4.39 Å². The normalized spacial score (nSPS) is 9.19. The van der Waals surface area contributed by atoms with E-state index in [4.69, 9.17) is 9.59 Å². The third kappa shape index (κ3) is 2.75. The molecule has 0 radical (unpaired) electrons.